The molecular weight excluding hydrogens is 254 g/mol. The fourth-order valence-electron chi connectivity index (χ4n) is 2.05. The molecule has 0 spiro atoms. The van der Waals surface area contributed by atoms with Crippen LogP contribution in [0.5, 0.6) is 5.75 Å². The monoisotopic (exact) mass is 269 g/mol. The highest BCUT2D eigenvalue weighted by Gasteiger charge is 2.10. The molecule has 0 aliphatic heterocycles. The first-order valence-corrected chi connectivity index (χ1v) is 6.19. The van der Waals surface area contributed by atoms with Crippen molar-refractivity contribution in [2.75, 3.05) is 13.7 Å². The maximum atomic E-state index is 12.2. The second-order valence-electron chi connectivity index (χ2n) is 4.22. The molecule has 0 saturated heterocycles. The zero-order valence-corrected chi connectivity index (χ0v) is 11.2. The molecule has 5 heteroatoms. The van der Waals surface area contributed by atoms with E-state index < -0.39 is 0 Å². The molecule has 2 rings (SSSR count). The van der Waals surface area contributed by atoms with Crippen molar-refractivity contribution in [3.8, 4) is 23.1 Å². The third kappa shape index (κ3) is 2.56. The number of methoxy groups -OCH3 is 1. The van der Waals surface area contributed by atoms with E-state index in [9.17, 15) is 4.79 Å². The average molecular weight is 269 g/mol. The number of nitrogens with two attached hydrogens (primary N) is 1. The third-order valence-corrected chi connectivity index (χ3v) is 3.01. The first-order valence-electron chi connectivity index (χ1n) is 6.19. The van der Waals surface area contributed by atoms with Crippen molar-refractivity contribution in [2.45, 2.75) is 6.54 Å². The summed E-state index contributed by atoms with van der Waals surface area (Å²) in [6, 6.07) is 12.6. The summed E-state index contributed by atoms with van der Waals surface area (Å²) >= 11 is 0. The highest BCUT2D eigenvalue weighted by atomic mass is 16.5. The molecule has 0 amide bonds. The van der Waals surface area contributed by atoms with Gasteiger partial charge in [-0.3, -0.25) is 4.79 Å². The van der Waals surface area contributed by atoms with Crippen LogP contribution >= 0.6 is 0 Å². The highest BCUT2D eigenvalue weighted by molar-refractivity contribution is 5.62. The number of hydrogen-bond acceptors (Lipinski definition) is 4. The minimum Gasteiger partial charge on any atom is -0.497 e. The molecule has 1 aromatic carbocycles. The van der Waals surface area contributed by atoms with E-state index in [-0.39, 0.29) is 11.1 Å². The molecule has 20 heavy (non-hydrogen) atoms. The van der Waals surface area contributed by atoms with E-state index in [0.717, 1.165) is 11.3 Å². The van der Waals surface area contributed by atoms with Crippen molar-refractivity contribution in [3.05, 3.63) is 52.3 Å². The minimum absolute atomic E-state index is 0.116. The number of aromatic nitrogens is 1. The van der Waals surface area contributed by atoms with E-state index >= 15 is 0 Å². The maximum absolute atomic E-state index is 12.2. The van der Waals surface area contributed by atoms with Crippen LogP contribution in [0.4, 0.5) is 0 Å². The number of nitriles is 1. The Kier molecular flexibility index (Phi) is 4.18. The van der Waals surface area contributed by atoms with Crippen LogP contribution in [-0.2, 0) is 6.54 Å². The van der Waals surface area contributed by atoms with E-state index in [2.05, 4.69) is 0 Å². The van der Waals surface area contributed by atoms with Crippen LogP contribution in [0.1, 0.15) is 5.56 Å². The predicted molar refractivity (Wildman–Crippen MR) is 76.5 cm³/mol. The van der Waals surface area contributed by atoms with Crippen LogP contribution < -0.4 is 16.0 Å². The topological polar surface area (TPSA) is 81.0 Å². The number of rotatable bonds is 4. The summed E-state index contributed by atoms with van der Waals surface area (Å²) in [5.74, 6) is 0.707. The Balaban J connectivity index is 2.64. The summed E-state index contributed by atoms with van der Waals surface area (Å²) in [5, 5.41) is 8.94. The Hall–Kier alpha value is -2.58. The number of nitrogens with zero attached hydrogens (tertiary/aromatic N) is 2. The van der Waals surface area contributed by atoms with Gasteiger partial charge < -0.3 is 15.0 Å². The lowest BCUT2D eigenvalue weighted by Crippen LogP contribution is -2.27. The van der Waals surface area contributed by atoms with Gasteiger partial charge in [-0.2, -0.15) is 5.26 Å². The van der Waals surface area contributed by atoms with E-state index in [1.165, 1.54) is 10.6 Å². The second-order valence-corrected chi connectivity index (χ2v) is 4.22. The van der Waals surface area contributed by atoms with Crippen LogP contribution in [0.3, 0.4) is 0 Å². The number of ether oxygens (including phenoxy) is 1. The lowest BCUT2D eigenvalue weighted by Gasteiger charge is -2.13. The van der Waals surface area contributed by atoms with Gasteiger partial charge in [0, 0.05) is 18.7 Å². The summed E-state index contributed by atoms with van der Waals surface area (Å²) in [7, 11) is 1.59. The lowest BCUT2D eigenvalue weighted by molar-refractivity contribution is 0.415. The van der Waals surface area contributed by atoms with Crippen molar-refractivity contribution in [3.63, 3.8) is 0 Å². The zero-order chi connectivity index (χ0) is 14.5. The van der Waals surface area contributed by atoms with Gasteiger partial charge in [0.25, 0.3) is 5.56 Å². The predicted octanol–water partition coefficient (Wildman–Crippen LogP) is 1.35. The lowest BCUT2D eigenvalue weighted by atomic mass is 10.1. The van der Waals surface area contributed by atoms with Gasteiger partial charge in [-0.25, -0.2) is 0 Å². The Morgan fingerprint density at radius 1 is 1.35 bits per heavy atom. The molecule has 0 atom stereocenters. The van der Waals surface area contributed by atoms with Gasteiger partial charge in [0.15, 0.2) is 0 Å². The van der Waals surface area contributed by atoms with Crippen LogP contribution in [-0.4, -0.2) is 18.2 Å². The Bertz CT molecular complexity index is 714. The summed E-state index contributed by atoms with van der Waals surface area (Å²) < 4.78 is 6.71. The second kappa shape index (κ2) is 6.04. The summed E-state index contributed by atoms with van der Waals surface area (Å²) in [5.41, 5.74) is 6.92. The first-order chi connectivity index (χ1) is 9.71. The fraction of sp³-hybridized carbons (Fsp3) is 0.200. The Labute approximate surface area is 116 Å². The molecule has 0 aliphatic carbocycles. The summed E-state index contributed by atoms with van der Waals surface area (Å²) in [4.78, 5) is 12.2. The standard InChI is InChI=1S/C15H15N3O2/c1-20-13-4-2-3-11(9-13)14-6-5-12(10-17)15(19)18(14)8-7-16/h2-6,9H,7-8,16H2,1H3. The molecule has 0 bridgehead atoms. The van der Waals surface area contributed by atoms with Gasteiger partial charge in [0.05, 0.1) is 12.8 Å². The Morgan fingerprint density at radius 2 is 2.15 bits per heavy atom. The van der Waals surface area contributed by atoms with E-state index in [1.54, 1.807) is 13.2 Å². The molecule has 0 radical (unpaired) electrons. The van der Waals surface area contributed by atoms with Gasteiger partial charge >= 0.3 is 0 Å². The number of benzene rings is 1. The molecule has 2 aromatic rings. The zero-order valence-electron chi connectivity index (χ0n) is 11.2. The van der Waals surface area contributed by atoms with E-state index in [0.29, 0.717) is 18.8 Å². The van der Waals surface area contributed by atoms with Gasteiger partial charge in [0.2, 0.25) is 0 Å². The van der Waals surface area contributed by atoms with Crippen molar-refractivity contribution in [1.82, 2.24) is 4.57 Å². The highest BCUT2D eigenvalue weighted by Crippen LogP contribution is 2.23. The van der Waals surface area contributed by atoms with Gasteiger partial charge in [0.1, 0.15) is 17.4 Å². The van der Waals surface area contributed by atoms with Crippen molar-refractivity contribution in [1.29, 1.82) is 5.26 Å². The largest absolute Gasteiger partial charge is 0.497 e. The van der Waals surface area contributed by atoms with Crippen molar-refractivity contribution in [2.24, 2.45) is 5.73 Å². The van der Waals surface area contributed by atoms with Crippen LogP contribution in [0.2, 0.25) is 0 Å². The molecule has 0 saturated carbocycles. The smallest absolute Gasteiger partial charge is 0.268 e. The first kappa shape index (κ1) is 13.8. The van der Waals surface area contributed by atoms with Crippen LogP contribution in [0, 0.1) is 11.3 Å². The maximum Gasteiger partial charge on any atom is 0.268 e. The van der Waals surface area contributed by atoms with Crippen molar-refractivity contribution < 1.29 is 4.74 Å². The van der Waals surface area contributed by atoms with E-state index in [1.807, 2.05) is 30.3 Å². The fourth-order valence-corrected chi connectivity index (χ4v) is 2.05. The normalized spacial score (nSPS) is 10.1. The van der Waals surface area contributed by atoms with Crippen LogP contribution in [0.25, 0.3) is 11.3 Å². The summed E-state index contributed by atoms with van der Waals surface area (Å²) in [6.45, 7) is 0.687. The molecule has 1 aromatic heterocycles. The minimum atomic E-state index is -0.321. The SMILES string of the molecule is COc1cccc(-c2ccc(C#N)c(=O)n2CCN)c1. The quantitative estimate of drug-likeness (QED) is 0.908. The van der Waals surface area contributed by atoms with Gasteiger partial charge in [-0.05, 0) is 24.3 Å². The van der Waals surface area contributed by atoms with Gasteiger partial charge in [-0.1, -0.05) is 12.1 Å². The third-order valence-electron chi connectivity index (χ3n) is 3.01. The molecule has 0 fully saturated rings. The molecule has 0 aliphatic rings. The number of pyridine rings is 1. The van der Waals surface area contributed by atoms with Crippen LogP contribution in [0.15, 0.2) is 41.2 Å². The molecule has 5 nitrogen and oxygen atoms in total. The van der Waals surface area contributed by atoms with Crippen molar-refractivity contribution >= 4 is 0 Å². The molecule has 1 heterocycles. The van der Waals surface area contributed by atoms with E-state index in [4.69, 9.17) is 15.7 Å². The number of hydrogen-bond donors (Lipinski definition) is 1. The molecular formula is C15H15N3O2. The Morgan fingerprint density at radius 3 is 2.80 bits per heavy atom. The average Bonchev–Trinajstić information content (AvgIpc) is 2.49. The molecule has 0 unspecified atom stereocenters. The van der Waals surface area contributed by atoms with Gasteiger partial charge in [-0.15, -0.1) is 0 Å². The molecule has 2 N–H and O–H groups in total. The summed E-state index contributed by atoms with van der Waals surface area (Å²) in [6.07, 6.45) is 0. The molecule has 102 valence electrons.